The second-order valence-electron chi connectivity index (χ2n) is 7.27. The molecule has 1 N–H and O–H groups in total. The van der Waals surface area contributed by atoms with Crippen LogP contribution >= 0.6 is 0 Å². The number of carbonyl (C=O) groups excluding carboxylic acids is 2. The topological polar surface area (TPSA) is 49.4 Å². The Hall–Kier alpha value is -1.06. The fourth-order valence-electron chi connectivity index (χ4n) is 4.10. The molecule has 4 heteroatoms. The number of hydrogen-bond acceptors (Lipinski definition) is 2. The van der Waals surface area contributed by atoms with E-state index < -0.39 is 0 Å². The van der Waals surface area contributed by atoms with E-state index in [1.165, 1.54) is 25.7 Å². The van der Waals surface area contributed by atoms with E-state index in [1.807, 2.05) is 11.8 Å². The average Bonchev–Trinajstić information content (AvgIpc) is 3.19. The van der Waals surface area contributed by atoms with Gasteiger partial charge in [0.05, 0.1) is 0 Å². The van der Waals surface area contributed by atoms with E-state index >= 15 is 0 Å². The maximum Gasteiger partial charge on any atom is 0.246 e. The number of amides is 2. The molecule has 3 fully saturated rings. The van der Waals surface area contributed by atoms with Gasteiger partial charge in [-0.05, 0) is 43.4 Å². The zero-order valence-corrected chi connectivity index (χ0v) is 13.3. The third-order valence-electron chi connectivity index (χ3n) is 5.74. The van der Waals surface area contributed by atoms with Gasteiger partial charge in [0.2, 0.25) is 11.8 Å². The minimum atomic E-state index is -0.255. The van der Waals surface area contributed by atoms with Crippen molar-refractivity contribution in [1.29, 1.82) is 0 Å². The Balaban J connectivity index is 1.74. The molecule has 1 saturated heterocycles. The fraction of sp³-hybridized carbons (Fsp3) is 0.882. The number of piperazine rings is 1. The molecule has 2 amide bonds. The van der Waals surface area contributed by atoms with Crippen molar-refractivity contribution in [1.82, 2.24) is 10.2 Å². The van der Waals surface area contributed by atoms with E-state index in [1.54, 1.807) is 0 Å². The zero-order chi connectivity index (χ0) is 15.0. The van der Waals surface area contributed by atoms with Gasteiger partial charge < -0.3 is 10.2 Å². The first-order valence-corrected chi connectivity index (χ1v) is 8.72. The minimum absolute atomic E-state index is 0.0703. The first-order valence-electron chi connectivity index (χ1n) is 8.72. The summed E-state index contributed by atoms with van der Waals surface area (Å²) in [6.07, 6.45) is 7.75. The van der Waals surface area contributed by atoms with Crippen LogP contribution in [0.5, 0.6) is 0 Å². The van der Waals surface area contributed by atoms with Crippen molar-refractivity contribution in [2.45, 2.75) is 70.9 Å². The monoisotopic (exact) mass is 292 g/mol. The molecule has 0 aromatic rings. The summed E-state index contributed by atoms with van der Waals surface area (Å²) in [5.74, 6) is 1.94. The molecule has 4 nitrogen and oxygen atoms in total. The normalized spacial score (nSPS) is 37.5. The predicted molar refractivity (Wildman–Crippen MR) is 81.6 cm³/mol. The van der Waals surface area contributed by atoms with Gasteiger partial charge in [0, 0.05) is 6.54 Å². The molecule has 0 bridgehead atoms. The van der Waals surface area contributed by atoms with Crippen LogP contribution in [0, 0.1) is 17.8 Å². The maximum atomic E-state index is 12.9. The summed E-state index contributed by atoms with van der Waals surface area (Å²) in [6, 6.07) is -0.500. The van der Waals surface area contributed by atoms with Crippen LogP contribution in [-0.2, 0) is 9.59 Å². The highest BCUT2D eigenvalue weighted by Crippen LogP contribution is 2.39. The summed E-state index contributed by atoms with van der Waals surface area (Å²) < 4.78 is 0. The van der Waals surface area contributed by atoms with Gasteiger partial charge in [-0.2, -0.15) is 0 Å². The van der Waals surface area contributed by atoms with Crippen LogP contribution in [0.1, 0.15) is 58.8 Å². The number of nitrogens with zero attached hydrogens (tertiary/aromatic N) is 1. The van der Waals surface area contributed by atoms with Gasteiger partial charge in [-0.3, -0.25) is 9.59 Å². The van der Waals surface area contributed by atoms with Crippen LogP contribution in [0.3, 0.4) is 0 Å². The van der Waals surface area contributed by atoms with Gasteiger partial charge in [-0.25, -0.2) is 0 Å². The Morgan fingerprint density at radius 2 is 1.86 bits per heavy atom. The largest absolute Gasteiger partial charge is 0.342 e. The molecule has 4 unspecified atom stereocenters. The summed E-state index contributed by atoms with van der Waals surface area (Å²) in [7, 11) is 0. The number of nitrogens with one attached hydrogen (secondary N) is 1. The molecule has 21 heavy (non-hydrogen) atoms. The summed E-state index contributed by atoms with van der Waals surface area (Å²) in [5.41, 5.74) is 0. The molecule has 1 heterocycles. The lowest BCUT2D eigenvalue weighted by molar-refractivity contribution is -0.151. The Bertz CT molecular complexity index is 417. The number of carbonyl (C=O) groups is 2. The van der Waals surface area contributed by atoms with E-state index in [2.05, 4.69) is 12.2 Å². The third kappa shape index (κ3) is 2.95. The average molecular weight is 292 g/mol. The predicted octanol–water partition coefficient (Wildman–Crippen LogP) is 2.33. The van der Waals surface area contributed by atoms with Crippen LogP contribution < -0.4 is 5.32 Å². The van der Waals surface area contributed by atoms with Crippen molar-refractivity contribution in [3.8, 4) is 0 Å². The molecule has 4 atom stereocenters. The third-order valence-corrected chi connectivity index (χ3v) is 5.74. The van der Waals surface area contributed by atoms with Crippen LogP contribution in [0.2, 0.25) is 0 Å². The van der Waals surface area contributed by atoms with Gasteiger partial charge in [0.25, 0.3) is 0 Å². The van der Waals surface area contributed by atoms with Crippen LogP contribution in [0.15, 0.2) is 0 Å². The highest BCUT2D eigenvalue weighted by molar-refractivity contribution is 5.97. The Labute approximate surface area is 127 Å². The summed E-state index contributed by atoms with van der Waals surface area (Å²) >= 11 is 0. The molecule has 0 spiro atoms. The highest BCUT2D eigenvalue weighted by Gasteiger charge is 2.46. The molecule has 0 aromatic heterocycles. The van der Waals surface area contributed by atoms with Crippen LogP contribution in [0.4, 0.5) is 0 Å². The number of hydrogen-bond donors (Lipinski definition) is 1. The van der Waals surface area contributed by atoms with E-state index in [9.17, 15) is 9.59 Å². The van der Waals surface area contributed by atoms with Crippen molar-refractivity contribution in [2.75, 3.05) is 6.54 Å². The standard InChI is InChI=1S/C17H28N2O2/c1-3-14-16(20)18-15(12-7-5-4-6-8-12)17(21)19(14)10-13-9-11(13)2/h11-15H,3-10H2,1-2H3,(H,18,20). The quantitative estimate of drug-likeness (QED) is 0.864. The summed E-state index contributed by atoms with van der Waals surface area (Å²) in [4.78, 5) is 27.2. The van der Waals surface area contributed by atoms with E-state index in [0.717, 1.165) is 25.8 Å². The molecule has 0 radical (unpaired) electrons. The van der Waals surface area contributed by atoms with Gasteiger partial charge in [0.1, 0.15) is 12.1 Å². The SMILES string of the molecule is CCC1C(=O)NC(C2CCCCC2)C(=O)N1CC1CC1C. The van der Waals surface area contributed by atoms with Crippen molar-refractivity contribution >= 4 is 11.8 Å². The smallest absolute Gasteiger partial charge is 0.246 e. The second-order valence-corrected chi connectivity index (χ2v) is 7.27. The van der Waals surface area contributed by atoms with E-state index in [0.29, 0.717) is 17.8 Å². The molecule has 1 aliphatic heterocycles. The molecule has 118 valence electrons. The molecule has 3 aliphatic rings. The molecule has 0 aromatic carbocycles. The van der Waals surface area contributed by atoms with Gasteiger partial charge in [0.15, 0.2) is 0 Å². The van der Waals surface area contributed by atoms with Crippen LogP contribution in [0.25, 0.3) is 0 Å². The van der Waals surface area contributed by atoms with Gasteiger partial charge in [-0.15, -0.1) is 0 Å². The Kier molecular flexibility index (Phi) is 4.23. The van der Waals surface area contributed by atoms with Crippen molar-refractivity contribution in [2.24, 2.45) is 17.8 Å². The van der Waals surface area contributed by atoms with Gasteiger partial charge in [-0.1, -0.05) is 33.1 Å². The molecule has 3 rings (SSSR count). The van der Waals surface area contributed by atoms with E-state index in [4.69, 9.17) is 0 Å². The van der Waals surface area contributed by atoms with Crippen molar-refractivity contribution in [3.05, 3.63) is 0 Å². The fourth-order valence-corrected chi connectivity index (χ4v) is 4.10. The molecular formula is C17H28N2O2. The Morgan fingerprint density at radius 1 is 1.19 bits per heavy atom. The number of rotatable bonds is 4. The van der Waals surface area contributed by atoms with E-state index in [-0.39, 0.29) is 23.9 Å². The lowest BCUT2D eigenvalue weighted by Crippen LogP contribution is -2.65. The Morgan fingerprint density at radius 3 is 2.43 bits per heavy atom. The summed E-state index contributed by atoms with van der Waals surface area (Å²) in [5, 5.41) is 3.04. The first-order chi connectivity index (χ1) is 10.1. The molecule has 2 aliphatic carbocycles. The van der Waals surface area contributed by atoms with Crippen molar-refractivity contribution in [3.63, 3.8) is 0 Å². The lowest BCUT2D eigenvalue weighted by atomic mass is 9.82. The maximum absolute atomic E-state index is 12.9. The van der Waals surface area contributed by atoms with Crippen molar-refractivity contribution < 1.29 is 9.59 Å². The summed E-state index contributed by atoms with van der Waals surface area (Å²) in [6.45, 7) is 5.02. The molecular weight excluding hydrogens is 264 g/mol. The minimum Gasteiger partial charge on any atom is -0.342 e. The molecule has 2 saturated carbocycles. The highest BCUT2D eigenvalue weighted by atomic mass is 16.2. The van der Waals surface area contributed by atoms with Gasteiger partial charge >= 0.3 is 0 Å². The second kappa shape index (κ2) is 5.98. The lowest BCUT2D eigenvalue weighted by Gasteiger charge is -2.42. The van der Waals surface area contributed by atoms with Crippen LogP contribution in [-0.4, -0.2) is 35.3 Å². The first kappa shape index (κ1) is 14.9. The zero-order valence-electron chi connectivity index (χ0n) is 13.3.